The Kier molecular flexibility index (Phi) is 7.03. The van der Waals surface area contributed by atoms with E-state index in [1.54, 1.807) is 18.2 Å². The van der Waals surface area contributed by atoms with Gasteiger partial charge in [0.25, 0.3) is 0 Å². The van der Waals surface area contributed by atoms with E-state index in [1.165, 1.54) is 19.3 Å². The number of allylic oxidation sites excluding steroid dienone is 1. The molecular weight excluding hydrogens is 430 g/mol. The molecule has 0 saturated heterocycles. The van der Waals surface area contributed by atoms with Crippen molar-refractivity contribution in [3.63, 3.8) is 0 Å². The zero-order valence-corrected chi connectivity index (χ0v) is 19.1. The van der Waals surface area contributed by atoms with Crippen molar-refractivity contribution in [1.82, 2.24) is 5.32 Å². The molecule has 3 aromatic rings. The lowest BCUT2D eigenvalue weighted by molar-refractivity contribution is -0.111. The Morgan fingerprint density at radius 1 is 1.15 bits per heavy atom. The van der Waals surface area contributed by atoms with E-state index >= 15 is 0 Å². The molecular formula is C27H27N3O4. The molecule has 0 radical (unpaired) electrons. The summed E-state index contributed by atoms with van der Waals surface area (Å²) in [5.74, 6) is 0.859. The van der Waals surface area contributed by atoms with Crippen molar-refractivity contribution in [1.29, 1.82) is 0 Å². The number of rotatable bonds is 8. The zero-order chi connectivity index (χ0) is 23.9. The Bertz CT molecular complexity index is 1240. The van der Waals surface area contributed by atoms with E-state index in [0.29, 0.717) is 23.6 Å². The molecule has 1 aliphatic heterocycles. The van der Waals surface area contributed by atoms with E-state index in [0.717, 1.165) is 29.4 Å². The standard InChI is InChI=1S/C27H27N3O4/c1-19-16-30(18-28-19)22-7-5-8-23(15-22)34-17-21-6-3-4-9-24(21)29-27(32)13-11-20-10-12-26(33-2)25(31)14-20/h3-16,28,31H,17-18H2,1-2H3,(H,29,32)/b13-11+. The summed E-state index contributed by atoms with van der Waals surface area (Å²) in [6.07, 6.45) is 5.11. The molecule has 174 valence electrons. The highest BCUT2D eigenvalue weighted by atomic mass is 16.5. The fourth-order valence-corrected chi connectivity index (χ4v) is 3.54. The first-order valence-corrected chi connectivity index (χ1v) is 10.9. The van der Waals surface area contributed by atoms with Crippen LogP contribution >= 0.6 is 0 Å². The highest BCUT2D eigenvalue weighted by Gasteiger charge is 2.11. The number of ether oxygens (including phenoxy) is 2. The number of nitrogens with zero attached hydrogens (tertiary/aromatic N) is 1. The molecule has 7 heteroatoms. The number of benzene rings is 3. The van der Waals surface area contributed by atoms with Gasteiger partial charge in [-0.05, 0) is 48.9 Å². The second-order valence-electron chi connectivity index (χ2n) is 7.81. The third-order valence-corrected chi connectivity index (χ3v) is 5.33. The van der Waals surface area contributed by atoms with Gasteiger partial charge in [-0.25, -0.2) is 0 Å². The molecule has 3 N–H and O–H groups in total. The van der Waals surface area contributed by atoms with Crippen LogP contribution in [0, 0.1) is 0 Å². The second kappa shape index (κ2) is 10.5. The van der Waals surface area contributed by atoms with Gasteiger partial charge in [-0.2, -0.15) is 0 Å². The minimum atomic E-state index is -0.284. The molecule has 1 heterocycles. The first-order chi connectivity index (χ1) is 16.5. The second-order valence-corrected chi connectivity index (χ2v) is 7.81. The van der Waals surface area contributed by atoms with Crippen molar-refractivity contribution in [3.05, 3.63) is 95.8 Å². The zero-order valence-electron chi connectivity index (χ0n) is 19.1. The van der Waals surface area contributed by atoms with Crippen LogP contribution in [0.15, 0.2) is 84.7 Å². The van der Waals surface area contributed by atoms with Crippen LogP contribution in [0.4, 0.5) is 11.4 Å². The average Bonchev–Trinajstić information content (AvgIpc) is 3.29. The third kappa shape index (κ3) is 5.69. The van der Waals surface area contributed by atoms with Crippen LogP contribution in [-0.4, -0.2) is 24.8 Å². The molecule has 0 aromatic heterocycles. The lowest BCUT2D eigenvalue weighted by atomic mass is 10.1. The number of phenolic OH excluding ortho intramolecular Hbond substituents is 1. The molecule has 0 fully saturated rings. The SMILES string of the molecule is COc1ccc(/C=C/C(=O)Nc2ccccc2COc2cccc(N3C=C(C)NC3)c2)cc1O. The van der Waals surface area contributed by atoms with Crippen molar-refractivity contribution in [2.45, 2.75) is 13.5 Å². The van der Waals surface area contributed by atoms with E-state index in [2.05, 4.69) is 21.7 Å². The van der Waals surface area contributed by atoms with Gasteiger partial charge in [0.05, 0.1) is 13.8 Å². The van der Waals surface area contributed by atoms with Crippen LogP contribution in [0.3, 0.4) is 0 Å². The van der Waals surface area contributed by atoms with Gasteiger partial charge in [-0.1, -0.05) is 30.3 Å². The molecule has 4 rings (SSSR count). The minimum Gasteiger partial charge on any atom is -0.504 e. The Balaban J connectivity index is 1.39. The van der Waals surface area contributed by atoms with Crippen LogP contribution in [0.25, 0.3) is 6.08 Å². The quantitative estimate of drug-likeness (QED) is 0.419. The molecule has 0 aliphatic carbocycles. The van der Waals surface area contributed by atoms with E-state index in [4.69, 9.17) is 9.47 Å². The van der Waals surface area contributed by atoms with Crippen LogP contribution < -0.4 is 25.0 Å². The number of methoxy groups -OCH3 is 1. The van der Waals surface area contributed by atoms with E-state index in [9.17, 15) is 9.90 Å². The van der Waals surface area contributed by atoms with Gasteiger partial charge in [-0.15, -0.1) is 0 Å². The predicted octanol–water partition coefficient (Wildman–Crippen LogP) is 4.86. The molecule has 3 aromatic carbocycles. The molecule has 0 atom stereocenters. The van der Waals surface area contributed by atoms with Gasteiger partial charge in [0.15, 0.2) is 11.5 Å². The number of hydrogen-bond donors (Lipinski definition) is 3. The maximum atomic E-state index is 12.5. The molecule has 1 aliphatic rings. The summed E-state index contributed by atoms with van der Waals surface area (Å²) < 4.78 is 11.1. The summed E-state index contributed by atoms with van der Waals surface area (Å²) in [4.78, 5) is 14.6. The highest BCUT2D eigenvalue weighted by Crippen LogP contribution is 2.27. The Morgan fingerprint density at radius 2 is 2.00 bits per heavy atom. The highest BCUT2D eigenvalue weighted by molar-refractivity contribution is 6.02. The number of nitrogens with one attached hydrogen (secondary N) is 2. The lowest BCUT2D eigenvalue weighted by Crippen LogP contribution is -2.20. The fourth-order valence-electron chi connectivity index (χ4n) is 3.54. The summed E-state index contributed by atoms with van der Waals surface area (Å²) >= 11 is 0. The lowest BCUT2D eigenvalue weighted by Gasteiger charge is -2.16. The monoisotopic (exact) mass is 457 g/mol. The van der Waals surface area contributed by atoms with Crippen molar-refractivity contribution in [3.8, 4) is 17.2 Å². The number of amides is 1. The summed E-state index contributed by atoms with van der Waals surface area (Å²) in [5.41, 5.74) is 4.37. The molecule has 0 spiro atoms. The summed E-state index contributed by atoms with van der Waals surface area (Å²) in [6, 6.07) is 20.4. The van der Waals surface area contributed by atoms with Crippen molar-refractivity contribution in [2.75, 3.05) is 24.0 Å². The van der Waals surface area contributed by atoms with E-state index in [-0.39, 0.29) is 11.7 Å². The smallest absolute Gasteiger partial charge is 0.248 e. The largest absolute Gasteiger partial charge is 0.504 e. The Labute approximate surface area is 198 Å². The fraction of sp³-hybridized carbons (Fsp3) is 0.148. The Hall–Kier alpha value is -4.39. The number of anilines is 2. The van der Waals surface area contributed by atoms with Gasteiger partial charge in [0.1, 0.15) is 12.4 Å². The molecule has 0 saturated carbocycles. The van der Waals surface area contributed by atoms with E-state index in [1.807, 2.05) is 55.5 Å². The van der Waals surface area contributed by atoms with Gasteiger partial charge >= 0.3 is 0 Å². The van der Waals surface area contributed by atoms with Gasteiger partial charge in [0.2, 0.25) is 5.91 Å². The molecule has 34 heavy (non-hydrogen) atoms. The maximum Gasteiger partial charge on any atom is 0.248 e. The van der Waals surface area contributed by atoms with E-state index < -0.39 is 0 Å². The number of carbonyl (C=O) groups excluding carboxylic acids is 1. The first-order valence-electron chi connectivity index (χ1n) is 10.9. The molecule has 0 unspecified atom stereocenters. The summed E-state index contributed by atoms with van der Waals surface area (Å²) in [7, 11) is 1.49. The molecule has 1 amide bonds. The van der Waals surface area contributed by atoms with Crippen LogP contribution in [-0.2, 0) is 11.4 Å². The minimum absolute atomic E-state index is 0.0174. The van der Waals surface area contributed by atoms with Gasteiger partial charge in [-0.3, -0.25) is 4.79 Å². The van der Waals surface area contributed by atoms with Crippen molar-refractivity contribution in [2.24, 2.45) is 0 Å². The average molecular weight is 458 g/mol. The van der Waals surface area contributed by atoms with Gasteiger partial charge in [0, 0.05) is 41.0 Å². The third-order valence-electron chi connectivity index (χ3n) is 5.33. The van der Waals surface area contributed by atoms with Gasteiger partial charge < -0.3 is 30.1 Å². The summed E-state index contributed by atoms with van der Waals surface area (Å²) in [6.45, 7) is 3.07. The Morgan fingerprint density at radius 3 is 2.76 bits per heavy atom. The topological polar surface area (TPSA) is 83.1 Å². The summed E-state index contributed by atoms with van der Waals surface area (Å²) in [5, 5.41) is 16.1. The van der Waals surface area contributed by atoms with Crippen LogP contribution in [0.5, 0.6) is 17.2 Å². The molecule has 7 nitrogen and oxygen atoms in total. The molecule has 0 bridgehead atoms. The maximum absolute atomic E-state index is 12.5. The van der Waals surface area contributed by atoms with Crippen molar-refractivity contribution >= 4 is 23.4 Å². The predicted molar refractivity (Wildman–Crippen MR) is 134 cm³/mol. The number of hydrogen-bond acceptors (Lipinski definition) is 6. The number of para-hydroxylation sites is 1. The van der Waals surface area contributed by atoms with Crippen molar-refractivity contribution < 1.29 is 19.4 Å². The number of carbonyl (C=O) groups is 1. The first kappa shape index (κ1) is 22.8. The number of phenols is 1. The number of aromatic hydroxyl groups is 1. The van der Waals surface area contributed by atoms with Crippen LogP contribution in [0.2, 0.25) is 0 Å². The van der Waals surface area contributed by atoms with Crippen LogP contribution in [0.1, 0.15) is 18.1 Å². The normalized spacial score (nSPS) is 12.9.